The zero-order chi connectivity index (χ0) is 15.9. The molecule has 0 radical (unpaired) electrons. The summed E-state index contributed by atoms with van der Waals surface area (Å²) >= 11 is 0. The van der Waals surface area contributed by atoms with Gasteiger partial charge in [0, 0.05) is 18.9 Å². The number of rotatable bonds is 6. The van der Waals surface area contributed by atoms with Crippen molar-refractivity contribution in [2.75, 3.05) is 27.7 Å². The van der Waals surface area contributed by atoms with E-state index in [1.807, 2.05) is 43.3 Å². The van der Waals surface area contributed by atoms with E-state index in [-0.39, 0.29) is 11.9 Å². The van der Waals surface area contributed by atoms with Gasteiger partial charge in [0.25, 0.3) is 5.91 Å². The first-order valence-electron chi connectivity index (χ1n) is 6.96. The van der Waals surface area contributed by atoms with Gasteiger partial charge in [0.15, 0.2) is 0 Å². The van der Waals surface area contributed by atoms with Crippen LogP contribution >= 0.6 is 0 Å². The fourth-order valence-electron chi connectivity index (χ4n) is 2.14. The zero-order valence-electron chi connectivity index (χ0n) is 13.0. The van der Waals surface area contributed by atoms with E-state index >= 15 is 0 Å². The minimum Gasteiger partial charge on any atom is -0.497 e. The molecule has 0 bridgehead atoms. The largest absolute Gasteiger partial charge is 0.497 e. The average Bonchev–Trinajstić information content (AvgIpc) is 2.55. The molecule has 22 heavy (non-hydrogen) atoms. The van der Waals surface area contributed by atoms with Crippen LogP contribution in [0.25, 0.3) is 0 Å². The molecule has 116 valence electrons. The summed E-state index contributed by atoms with van der Waals surface area (Å²) in [6.45, 7) is 0.468. The van der Waals surface area contributed by atoms with Crippen molar-refractivity contribution in [2.24, 2.45) is 0 Å². The highest BCUT2D eigenvalue weighted by Gasteiger charge is 2.17. The fourth-order valence-corrected chi connectivity index (χ4v) is 2.14. The number of nitrogens with zero attached hydrogens (tertiary/aromatic N) is 3. The van der Waals surface area contributed by atoms with Gasteiger partial charge in [-0.05, 0) is 31.8 Å². The molecule has 0 saturated carbocycles. The number of carbonyl (C=O) groups excluding carboxylic acids is 1. The molecule has 0 fully saturated rings. The Balaban J connectivity index is 2.07. The number of methoxy groups -OCH3 is 1. The Morgan fingerprint density at radius 1 is 1.36 bits per heavy atom. The Labute approximate surface area is 130 Å². The summed E-state index contributed by atoms with van der Waals surface area (Å²) in [5.41, 5.74) is 1.38. The molecule has 1 heterocycles. The number of ether oxygens (including phenoxy) is 1. The highest BCUT2D eigenvalue weighted by atomic mass is 16.5. The maximum absolute atomic E-state index is 12.1. The van der Waals surface area contributed by atoms with Gasteiger partial charge < -0.3 is 15.0 Å². The summed E-state index contributed by atoms with van der Waals surface area (Å²) in [5, 5.41) is 2.89. The molecule has 2 aromatic rings. The molecule has 1 unspecified atom stereocenters. The lowest BCUT2D eigenvalue weighted by atomic mass is 10.1. The Bertz CT molecular complexity index is 617. The minimum atomic E-state index is -0.233. The van der Waals surface area contributed by atoms with E-state index in [1.54, 1.807) is 7.11 Å². The standard InChI is InChI=1S/C16H20N4O2/c1-20(2)15(12-5-4-6-13(9-12)22-3)11-19-16(21)14-10-17-7-8-18-14/h4-10,15H,11H2,1-3H3,(H,19,21). The van der Waals surface area contributed by atoms with E-state index in [4.69, 9.17) is 4.74 Å². The average molecular weight is 300 g/mol. The first-order valence-corrected chi connectivity index (χ1v) is 6.96. The quantitative estimate of drug-likeness (QED) is 0.876. The lowest BCUT2D eigenvalue weighted by Gasteiger charge is -2.25. The van der Waals surface area contributed by atoms with Crippen molar-refractivity contribution in [3.05, 3.63) is 54.1 Å². The molecule has 0 aliphatic rings. The van der Waals surface area contributed by atoms with Crippen molar-refractivity contribution in [2.45, 2.75) is 6.04 Å². The molecule has 0 aliphatic heterocycles. The fraction of sp³-hybridized carbons (Fsp3) is 0.312. The molecule has 1 aromatic carbocycles. The lowest BCUT2D eigenvalue weighted by Crippen LogP contribution is -2.34. The van der Waals surface area contributed by atoms with Crippen molar-refractivity contribution in [1.29, 1.82) is 0 Å². The molecule has 1 N–H and O–H groups in total. The Kier molecular flexibility index (Phi) is 5.43. The van der Waals surface area contributed by atoms with Crippen LogP contribution in [-0.4, -0.2) is 48.5 Å². The monoisotopic (exact) mass is 300 g/mol. The van der Waals surface area contributed by atoms with E-state index in [1.165, 1.54) is 18.6 Å². The molecule has 1 aromatic heterocycles. The molecule has 1 amide bonds. The Hall–Kier alpha value is -2.47. The zero-order valence-corrected chi connectivity index (χ0v) is 13.0. The van der Waals surface area contributed by atoms with Gasteiger partial charge in [-0.15, -0.1) is 0 Å². The van der Waals surface area contributed by atoms with Crippen molar-refractivity contribution >= 4 is 5.91 Å². The molecular weight excluding hydrogens is 280 g/mol. The van der Waals surface area contributed by atoms with Crippen LogP contribution < -0.4 is 10.1 Å². The molecule has 6 heteroatoms. The van der Waals surface area contributed by atoms with Crippen molar-refractivity contribution in [1.82, 2.24) is 20.2 Å². The van der Waals surface area contributed by atoms with Gasteiger partial charge in [0.1, 0.15) is 11.4 Å². The number of amides is 1. The highest BCUT2D eigenvalue weighted by molar-refractivity contribution is 5.91. The van der Waals surface area contributed by atoms with Crippen LogP contribution in [0.4, 0.5) is 0 Å². The minimum absolute atomic E-state index is 0.0377. The van der Waals surface area contributed by atoms with E-state index in [0.717, 1.165) is 11.3 Å². The van der Waals surface area contributed by atoms with E-state index < -0.39 is 0 Å². The van der Waals surface area contributed by atoms with Gasteiger partial charge in [-0.25, -0.2) is 4.98 Å². The van der Waals surface area contributed by atoms with Crippen LogP contribution in [0.15, 0.2) is 42.9 Å². The second-order valence-corrected chi connectivity index (χ2v) is 5.06. The molecule has 2 rings (SSSR count). The van der Waals surface area contributed by atoms with Gasteiger partial charge in [0.05, 0.1) is 19.3 Å². The predicted octanol–water partition coefficient (Wildman–Crippen LogP) is 1.52. The van der Waals surface area contributed by atoms with Crippen molar-refractivity contribution in [3.8, 4) is 5.75 Å². The summed E-state index contributed by atoms with van der Waals surface area (Å²) in [6, 6.07) is 7.86. The summed E-state index contributed by atoms with van der Waals surface area (Å²) in [4.78, 5) is 22.0. The maximum Gasteiger partial charge on any atom is 0.271 e. The van der Waals surface area contributed by atoms with Gasteiger partial charge in [-0.2, -0.15) is 0 Å². The van der Waals surface area contributed by atoms with E-state index in [0.29, 0.717) is 12.2 Å². The van der Waals surface area contributed by atoms with Crippen molar-refractivity contribution < 1.29 is 9.53 Å². The van der Waals surface area contributed by atoms with Crippen LogP contribution in [0.3, 0.4) is 0 Å². The Morgan fingerprint density at radius 2 is 2.18 bits per heavy atom. The molecule has 0 saturated heterocycles. The maximum atomic E-state index is 12.1. The summed E-state index contributed by atoms with van der Waals surface area (Å²) in [7, 11) is 5.58. The number of hydrogen-bond donors (Lipinski definition) is 1. The van der Waals surface area contributed by atoms with E-state index in [9.17, 15) is 4.79 Å². The SMILES string of the molecule is COc1cccc(C(CNC(=O)c2cnccn2)N(C)C)c1. The Morgan fingerprint density at radius 3 is 2.82 bits per heavy atom. The van der Waals surface area contributed by atoms with Gasteiger partial charge in [-0.3, -0.25) is 9.78 Å². The number of hydrogen-bond acceptors (Lipinski definition) is 5. The van der Waals surface area contributed by atoms with Crippen molar-refractivity contribution in [3.63, 3.8) is 0 Å². The summed E-state index contributed by atoms with van der Waals surface area (Å²) < 4.78 is 5.26. The number of nitrogens with one attached hydrogen (secondary N) is 1. The molecule has 6 nitrogen and oxygen atoms in total. The molecule has 1 atom stereocenters. The number of benzene rings is 1. The number of carbonyl (C=O) groups is 1. The van der Waals surface area contributed by atoms with Crippen LogP contribution in [0, 0.1) is 0 Å². The lowest BCUT2D eigenvalue weighted by molar-refractivity contribution is 0.0936. The van der Waals surface area contributed by atoms with Crippen LogP contribution in [0.5, 0.6) is 5.75 Å². The second kappa shape index (κ2) is 7.51. The highest BCUT2D eigenvalue weighted by Crippen LogP contribution is 2.22. The molecule has 0 spiro atoms. The number of aromatic nitrogens is 2. The van der Waals surface area contributed by atoms with E-state index in [2.05, 4.69) is 15.3 Å². The van der Waals surface area contributed by atoms with Gasteiger partial charge in [0.2, 0.25) is 0 Å². The third kappa shape index (κ3) is 4.02. The predicted molar refractivity (Wildman–Crippen MR) is 83.8 cm³/mol. The topological polar surface area (TPSA) is 67.3 Å². The van der Waals surface area contributed by atoms with Crippen LogP contribution in [0.1, 0.15) is 22.1 Å². The first-order chi connectivity index (χ1) is 10.6. The third-order valence-electron chi connectivity index (χ3n) is 3.35. The first kappa shape index (κ1) is 15.9. The van der Waals surface area contributed by atoms with Gasteiger partial charge >= 0.3 is 0 Å². The van der Waals surface area contributed by atoms with Crippen LogP contribution in [0.2, 0.25) is 0 Å². The normalized spacial score (nSPS) is 12.0. The molecule has 0 aliphatic carbocycles. The third-order valence-corrected chi connectivity index (χ3v) is 3.35. The van der Waals surface area contributed by atoms with Crippen LogP contribution in [-0.2, 0) is 0 Å². The second-order valence-electron chi connectivity index (χ2n) is 5.06. The number of likely N-dealkylation sites (N-methyl/N-ethyl adjacent to an activating group) is 1. The smallest absolute Gasteiger partial charge is 0.271 e. The summed E-state index contributed by atoms with van der Waals surface area (Å²) in [6.07, 6.45) is 4.49. The molecular formula is C16H20N4O2. The summed E-state index contributed by atoms with van der Waals surface area (Å²) in [5.74, 6) is 0.562. The van der Waals surface area contributed by atoms with Gasteiger partial charge in [-0.1, -0.05) is 12.1 Å².